The van der Waals surface area contributed by atoms with E-state index in [0.29, 0.717) is 12.5 Å². The maximum atomic E-state index is 11.4. The van der Waals surface area contributed by atoms with Gasteiger partial charge in [0.25, 0.3) is 0 Å². The molecule has 5 heteroatoms. The first-order valence-corrected chi connectivity index (χ1v) is 6.38. The van der Waals surface area contributed by atoms with Crippen molar-refractivity contribution in [3.05, 3.63) is 30.5 Å². The second-order valence-electron chi connectivity index (χ2n) is 4.97. The topological polar surface area (TPSA) is 66.3 Å². The van der Waals surface area contributed by atoms with Crippen molar-refractivity contribution in [1.82, 2.24) is 9.97 Å². The number of carbonyl (C=O) groups is 1. The molecular formula is C14H15N3O2. The number of para-hydroxylation sites is 1. The Hall–Kier alpha value is -2.17. The number of fused-ring (bicyclic) bond motifs is 1. The summed E-state index contributed by atoms with van der Waals surface area (Å²) < 4.78 is 0. The Morgan fingerprint density at radius 1 is 1.42 bits per heavy atom. The zero-order chi connectivity index (χ0) is 13.4. The first-order valence-electron chi connectivity index (χ1n) is 6.38. The summed E-state index contributed by atoms with van der Waals surface area (Å²) in [6, 6.07) is 7.18. The third kappa shape index (κ3) is 2.01. The molecule has 5 nitrogen and oxygen atoms in total. The second kappa shape index (κ2) is 4.50. The Balaban J connectivity index is 2.01. The van der Waals surface area contributed by atoms with Gasteiger partial charge in [0.1, 0.15) is 6.04 Å². The molecule has 1 aliphatic rings. The summed E-state index contributed by atoms with van der Waals surface area (Å²) in [5.74, 6) is -0.176. The second-order valence-corrected chi connectivity index (χ2v) is 4.97. The molecule has 3 rings (SSSR count). The number of aliphatic carboxylic acids is 1. The van der Waals surface area contributed by atoms with Gasteiger partial charge in [-0.25, -0.2) is 14.8 Å². The maximum absolute atomic E-state index is 11.4. The first kappa shape index (κ1) is 11.9. The van der Waals surface area contributed by atoms with Crippen LogP contribution < -0.4 is 4.90 Å². The Morgan fingerprint density at radius 2 is 2.21 bits per heavy atom. The van der Waals surface area contributed by atoms with Crippen LogP contribution in [0.4, 0.5) is 5.95 Å². The number of carboxylic acids is 1. The Bertz CT molecular complexity index is 629. The quantitative estimate of drug-likeness (QED) is 0.890. The van der Waals surface area contributed by atoms with Crippen LogP contribution >= 0.6 is 0 Å². The highest BCUT2D eigenvalue weighted by Crippen LogP contribution is 2.28. The van der Waals surface area contributed by atoms with Gasteiger partial charge in [-0.05, 0) is 18.4 Å². The Kier molecular flexibility index (Phi) is 2.81. The molecule has 98 valence electrons. The smallest absolute Gasteiger partial charge is 0.326 e. The molecule has 1 N–H and O–H groups in total. The van der Waals surface area contributed by atoms with Gasteiger partial charge >= 0.3 is 5.97 Å². The van der Waals surface area contributed by atoms with Crippen LogP contribution in [0.1, 0.15) is 13.3 Å². The van der Waals surface area contributed by atoms with Gasteiger partial charge in [-0.2, -0.15) is 0 Å². The van der Waals surface area contributed by atoms with Crippen molar-refractivity contribution in [3.63, 3.8) is 0 Å². The minimum Gasteiger partial charge on any atom is -0.480 e. The highest BCUT2D eigenvalue weighted by molar-refractivity contribution is 5.81. The van der Waals surface area contributed by atoms with Crippen LogP contribution in [-0.2, 0) is 4.79 Å². The van der Waals surface area contributed by atoms with E-state index in [0.717, 1.165) is 17.3 Å². The normalized spacial score (nSPS) is 22.9. The fourth-order valence-electron chi connectivity index (χ4n) is 2.65. The van der Waals surface area contributed by atoms with Crippen LogP contribution in [0.15, 0.2) is 30.5 Å². The van der Waals surface area contributed by atoms with E-state index >= 15 is 0 Å². The molecule has 2 aromatic rings. The zero-order valence-electron chi connectivity index (χ0n) is 10.7. The van der Waals surface area contributed by atoms with E-state index in [4.69, 9.17) is 0 Å². The SMILES string of the molecule is CC1CCN(c2ncc3ccccc3n2)C1C(=O)O. The van der Waals surface area contributed by atoms with Crippen molar-refractivity contribution in [2.24, 2.45) is 5.92 Å². The van der Waals surface area contributed by atoms with Gasteiger partial charge in [-0.15, -0.1) is 0 Å². The number of aromatic nitrogens is 2. The summed E-state index contributed by atoms with van der Waals surface area (Å²) in [7, 11) is 0. The van der Waals surface area contributed by atoms with Crippen molar-refractivity contribution >= 4 is 22.8 Å². The van der Waals surface area contributed by atoms with Crippen molar-refractivity contribution in [1.29, 1.82) is 0 Å². The number of carboxylic acid groups (broad SMARTS) is 1. The molecule has 0 spiro atoms. The van der Waals surface area contributed by atoms with Crippen molar-refractivity contribution < 1.29 is 9.90 Å². The lowest BCUT2D eigenvalue weighted by Crippen LogP contribution is -2.39. The van der Waals surface area contributed by atoms with E-state index in [1.165, 1.54) is 0 Å². The number of hydrogen-bond donors (Lipinski definition) is 1. The van der Waals surface area contributed by atoms with Crippen molar-refractivity contribution in [2.75, 3.05) is 11.4 Å². The summed E-state index contributed by atoms with van der Waals surface area (Å²) in [6.45, 7) is 2.65. The minimum absolute atomic E-state index is 0.118. The van der Waals surface area contributed by atoms with E-state index in [9.17, 15) is 9.90 Å². The van der Waals surface area contributed by atoms with E-state index < -0.39 is 12.0 Å². The number of benzene rings is 1. The monoisotopic (exact) mass is 257 g/mol. The van der Waals surface area contributed by atoms with E-state index in [-0.39, 0.29) is 5.92 Å². The first-order chi connectivity index (χ1) is 9.16. The number of nitrogens with zero attached hydrogens (tertiary/aromatic N) is 3. The molecule has 0 bridgehead atoms. The third-order valence-corrected chi connectivity index (χ3v) is 3.69. The maximum Gasteiger partial charge on any atom is 0.326 e. The van der Waals surface area contributed by atoms with Crippen LogP contribution in [0.3, 0.4) is 0 Å². The van der Waals surface area contributed by atoms with Crippen LogP contribution in [0.2, 0.25) is 0 Å². The highest BCUT2D eigenvalue weighted by Gasteiger charge is 2.38. The predicted octanol–water partition coefficient (Wildman–Crippen LogP) is 1.93. The minimum atomic E-state index is -0.804. The molecule has 1 saturated heterocycles. The molecule has 2 heterocycles. The average molecular weight is 257 g/mol. The van der Waals surface area contributed by atoms with Gasteiger partial charge in [0.05, 0.1) is 5.52 Å². The van der Waals surface area contributed by atoms with Crippen LogP contribution in [-0.4, -0.2) is 33.6 Å². The lowest BCUT2D eigenvalue weighted by molar-refractivity contribution is -0.139. The fourth-order valence-corrected chi connectivity index (χ4v) is 2.65. The average Bonchev–Trinajstić information content (AvgIpc) is 2.80. The van der Waals surface area contributed by atoms with E-state index in [1.54, 1.807) is 11.1 Å². The molecule has 0 aliphatic carbocycles. The summed E-state index contributed by atoms with van der Waals surface area (Å²) in [6.07, 6.45) is 2.60. The molecule has 1 aromatic heterocycles. The largest absolute Gasteiger partial charge is 0.480 e. The van der Waals surface area contributed by atoms with Gasteiger partial charge in [-0.3, -0.25) is 0 Å². The third-order valence-electron chi connectivity index (χ3n) is 3.69. The van der Waals surface area contributed by atoms with E-state index in [2.05, 4.69) is 9.97 Å². The van der Waals surface area contributed by atoms with Crippen LogP contribution in [0, 0.1) is 5.92 Å². The molecular weight excluding hydrogens is 242 g/mol. The molecule has 1 aliphatic heterocycles. The standard InChI is InChI=1S/C14H15N3O2/c1-9-6-7-17(12(9)13(18)19)14-15-8-10-4-2-3-5-11(10)16-14/h2-5,8-9,12H,6-7H2,1H3,(H,18,19). The summed E-state index contributed by atoms with van der Waals surface area (Å²) in [4.78, 5) is 21.9. The van der Waals surface area contributed by atoms with Crippen molar-refractivity contribution in [3.8, 4) is 0 Å². The van der Waals surface area contributed by atoms with Gasteiger partial charge in [0.15, 0.2) is 0 Å². The zero-order valence-corrected chi connectivity index (χ0v) is 10.7. The molecule has 1 aromatic carbocycles. The van der Waals surface area contributed by atoms with Gasteiger partial charge in [0.2, 0.25) is 5.95 Å². The van der Waals surface area contributed by atoms with Gasteiger partial charge < -0.3 is 10.0 Å². The van der Waals surface area contributed by atoms with Crippen molar-refractivity contribution in [2.45, 2.75) is 19.4 Å². The summed E-state index contributed by atoms with van der Waals surface area (Å²) in [5, 5.41) is 10.3. The Labute approximate surface area is 110 Å². The van der Waals surface area contributed by atoms with Gasteiger partial charge in [-0.1, -0.05) is 25.1 Å². The summed E-state index contributed by atoms with van der Waals surface area (Å²) >= 11 is 0. The lowest BCUT2D eigenvalue weighted by Gasteiger charge is -2.23. The fraction of sp³-hybridized carbons (Fsp3) is 0.357. The number of anilines is 1. The number of rotatable bonds is 2. The van der Waals surface area contributed by atoms with Gasteiger partial charge in [0, 0.05) is 18.1 Å². The van der Waals surface area contributed by atoms with Crippen LogP contribution in [0.5, 0.6) is 0 Å². The predicted molar refractivity (Wildman–Crippen MR) is 72.1 cm³/mol. The van der Waals surface area contributed by atoms with E-state index in [1.807, 2.05) is 31.2 Å². The van der Waals surface area contributed by atoms with Crippen LogP contribution in [0.25, 0.3) is 10.9 Å². The molecule has 2 unspecified atom stereocenters. The molecule has 19 heavy (non-hydrogen) atoms. The molecule has 2 atom stereocenters. The lowest BCUT2D eigenvalue weighted by atomic mass is 10.0. The molecule has 0 radical (unpaired) electrons. The number of hydrogen-bond acceptors (Lipinski definition) is 4. The Morgan fingerprint density at radius 3 is 3.00 bits per heavy atom. The highest BCUT2D eigenvalue weighted by atomic mass is 16.4. The summed E-state index contributed by atoms with van der Waals surface area (Å²) in [5.41, 5.74) is 0.844. The molecule has 0 saturated carbocycles. The molecule has 0 amide bonds. The molecule has 1 fully saturated rings.